The number of fused-ring (bicyclic) bond motifs is 2. The third-order valence-electron chi connectivity index (χ3n) is 5.65. The maximum atomic E-state index is 12.9. The number of Topliss-reactive ketones (excluding diaryl/α,β-unsaturated/α-hetero) is 1. The Balaban J connectivity index is 1.54. The highest BCUT2D eigenvalue weighted by molar-refractivity contribution is 6.00. The molecule has 0 N–H and O–H groups in total. The summed E-state index contributed by atoms with van der Waals surface area (Å²) in [6, 6.07) is 2.07. The topological polar surface area (TPSA) is 25.2 Å². The van der Waals surface area contributed by atoms with E-state index in [1.54, 1.807) is 0 Å². The monoisotopic (exact) mass is 286 g/mol. The van der Waals surface area contributed by atoms with Crippen LogP contribution in [0.2, 0.25) is 0 Å². The van der Waals surface area contributed by atoms with E-state index < -0.39 is 0 Å². The number of hydrogen-bond acceptors (Lipinski definition) is 2. The van der Waals surface area contributed by atoms with Gasteiger partial charge in [-0.25, -0.2) is 0 Å². The molecule has 0 bridgehead atoms. The van der Waals surface area contributed by atoms with Crippen molar-refractivity contribution in [3.63, 3.8) is 0 Å². The standard InChI is InChI=1S/C18H26N2O/c1-2-7-20-9-6-15-17(20)10-14-5-8-19(11-13-3-4-13)12-16(14)18(15)21/h6,9,13-14,16H,2-5,7-8,10-12H2,1H3. The Morgan fingerprint density at radius 2 is 2.14 bits per heavy atom. The van der Waals surface area contributed by atoms with Crippen LogP contribution in [0.4, 0.5) is 0 Å². The maximum absolute atomic E-state index is 12.9. The summed E-state index contributed by atoms with van der Waals surface area (Å²) in [7, 11) is 0. The smallest absolute Gasteiger partial charge is 0.169 e. The molecule has 0 aromatic carbocycles. The number of hydrogen-bond donors (Lipinski definition) is 0. The summed E-state index contributed by atoms with van der Waals surface area (Å²) in [5.74, 6) is 2.21. The molecule has 2 aliphatic carbocycles. The number of aryl methyl sites for hydroxylation is 1. The van der Waals surface area contributed by atoms with Crippen molar-refractivity contribution in [1.82, 2.24) is 9.47 Å². The average molecular weight is 286 g/mol. The lowest BCUT2D eigenvalue weighted by atomic mass is 9.73. The molecule has 2 unspecified atom stereocenters. The summed E-state index contributed by atoms with van der Waals surface area (Å²) in [6.45, 7) is 6.71. The summed E-state index contributed by atoms with van der Waals surface area (Å²) in [6.07, 6.45) is 8.41. The Morgan fingerprint density at radius 3 is 2.90 bits per heavy atom. The maximum Gasteiger partial charge on any atom is 0.169 e. The summed E-state index contributed by atoms with van der Waals surface area (Å²) >= 11 is 0. The van der Waals surface area contributed by atoms with Crippen molar-refractivity contribution in [3.05, 3.63) is 23.5 Å². The Bertz CT molecular complexity index is 543. The molecule has 3 nitrogen and oxygen atoms in total. The van der Waals surface area contributed by atoms with Crippen LogP contribution in [0.1, 0.15) is 48.7 Å². The Kier molecular flexibility index (Phi) is 3.41. The molecule has 1 aliphatic heterocycles. The number of ketones is 1. The van der Waals surface area contributed by atoms with Gasteiger partial charge in [0.05, 0.1) is 0 Å². The van der Waals surface area contributed by atoms with Gasteiger partial charge in [-0.05, 0) is 56.6 Å². The summed E-state index contributed by atoms with van der Waals surface area (Å²) in [5, 5.41) is 0. The summed E-state index contributed by atoms with van der Waals surface area (Å²) in [4.78, 5) is 15.4. The largest absolute Gasteiger partial charge is 0.351 e. The van der Waals surface area contributed by atoms with Crippen LogP contribution in [0.5, 0.6) is 0 Å². The molecule has 0 spiro atoms. The van der Waals surface area contributed by atoms with E-state index in [-0.39, 0.29) is 5.92 Å². The highest BCUT2D eigenvalue weighted by Gasteiger charge is 2.41. The molecule has 2 atom stereocenters. The molecule has 114 valence electrons. The SMILES string of the molecule is CCCn1ccc2c1CC1CCN(CC3CC3)CC1C2=O. The lowest BCUT2D eigenvalue weighted by Gasteiger charge is -2.40. The first-order chi connectivity index (χ1) is 10.3. The van der Waals surface area contributed by atoms with Crippen molar-refractivity contribution in [2.45, 2.75) is 45.6 Å². The molecule has 1 aromatic rings. The normalized spacial score (nSPS) is 29.3. The molecule has 3 aliphatic rings. The van der Waals surface area contributed by atoms with E-state index in [0.29, 0.717) is 11.7 Å². The molecular weight excluding hydrogens is 260 g/mol. The van der Waals surface area contributed by atoms with Crippen molar-refractivity contribution < 1.29 is 4.79 Å². The predicted octanol–water partition coefficient (Wildman–Crippen LogP) is 2.99. The molecule has 1 aromatic heterocycles. The van der Waals surface area contributed by atoms with Crippen molar-refractivity contribution in [1.29, 1.82) is 0 Å². The second-order valence-electron chi connectivity index (χ2n) is 7.30. The van der Waals surface area contributed by atoms with E-state index in [9.17, 15) is 4.79 Å². The van der Waals surface area contributed by atoms with Crippen LogP contribution in [0.15, 0.2) is 12.3 Å². The van der Waals surface area contributed by atoms with Gasteiger partial charge in [-0.1, -0.05) is 6.92 Å². The highest BCUT2D eigenvalue weighted by Crippen LogP contribution is 2.38. The Labute approximate surface area is 127 Å². The van der Waals surface area contributed by atoms with Crippen molar-refractivity contribution >= 4 is 5.78 Å². The van der Waals surface area contributed by atoms with Gasteiger partial charge in [-0.3, -0.25) is 4.79 Å². The summed E-state index contributed by atoms with van der Waals surface area (Å²) in [5.41, 5.74) is 2.34. The first-order valence-corrected chi connectivity index (χ1v) is 8.71. The van der Waals surface area contributed by atoms with Crippen molar-refractivity contribution in [3.8, 4) is 0 Å². The van der Waals surface area contributed by atoms with Gasteiger partial charge in [0.15, 0.2) is 5.78 Å². The zero-order chi connectivity index (χ0) is 14.4. The number of aromatic nitrogens is 1. The minimum Gasteiger partial charge on any atom is -0.351 e. The lowest BCUT2D eigenvalue weighted by molar-refractivity contribution is 0.0648. The second-order valence-corrected chi connectivity index (χ2v) is 7.30. The van der Waals surface area contributed by atoms with Gasteiger partial charge in [-0.2, -0.15) is 0 Å². The van der Waals surface area contributed by atoms with Crippen LogP contribution in [-0.4, -0.2) is 34.9 Å². The zero-order valence-corrected chi connectivity index (χ0v) is 13.1. The van der Waals surface area contributed by atoms with Gasteiger partial charge in [0.1, 0.15) is 0 Å². The number of carbonyl (C=O) groups excluding carboxylic acids is 1. The van der Waals surface area contributed by atoms with E-state index in [4.69, 9.17) is 0 Å². The molecule has 0 amide bonds. The number of likely N-dealkylation sites (tertiary alicyclic amines) is 1. The molecule has 1 saturated heterocycles. The van der Waals surface area contributed by atoms with Gasteiger partial charge in [0.25, 0.3) is 0 Å². The lowest BCUT2D eigenvalue weighted by Crippen LogP contribution is -2.47. The van der Waals surface area contributed by atoms with Crippen LogP contribution in [0, 0.1) is 17.8 Å². The van der Waals surface area contributed by atoms with Gasteiger partial charge in [-0.15, -0.1) is 0 Å². The van der Waals surface area contributed by atoms with Crippen LogP contribution in [0.25, 0.3) is 0 Å². The third-order valence-corrected chi connectivity index (χ3v) is 5.65. The molecule has 4 rings (SSSR count). The molecular formula is C18H26N2O. The van der Waals surface area contributed by atoms with Crippen molar-refractivity contribution in [2.24, 2.45) is 17.8 Å². The van der Waals surface area contributed by atoms with Crippen LogP contribution >= 0.6 is 0 Å². The second kappa shape index (κ2) is 5.28. The van der Waals surface area contributed by atoms with E-state index in [1.807, 2.05) is 0 Å². The fraction of sp³-hybridized carbons (Fsp3) is 0.722. The van der Waals surface area contributed by atoms with E-state index >= 15 is 0 Å². The molecule has 2 heterocycles. The van der Waals surface area contributed by atoms with E-state index in [2.05, 4.69) is 28.7 Å². The molecule has 2 fully saturated rings. The minimum atomic E-state index is 0.266. The van der Waals surface area contributed by atoms with Gasteiger partial charge in [0.2, 0.25) is 0 Å². The van der Waals surface area contributed by atoms with Gasteiger partial charge in [0, 0.05) is 43.0 Å². The van der Waals surface area contributed by atoms with Crippen LogP contribution in [-0.2, 0) is 13.0 Å². The third kappa shape index (κ3) is 2.46. The quantitative estimate of drug-likeness (QED) is 0.850. The average Bonchev–Trinajstić information content (AvgIpc) is 3.21. The Hall–Kier alpha value is -1.09. The first kappa shape index (κ1) is 13.6. The first-order valence-electron chi connectivity index (χ1n) is 8.71. The molecule has 21 heavy (non-hydrogen) atoms. The number of rotatable bonds is 4. The molecule has 0 radical (unpaired) electrons. The predicted molar refractivity (Wildman–Crippen MR) is 83.5 cm³/mol. The zero-order valence-electron chi connectivity index (χ0n) is 13.1. The fourth-order valence-electron chi connectivity index (χ4n) is 4.30. The van der Waals surface area contributed by atoms with Gasteiger partial charge >= 0.3 is 0 Å². The fourth-order valence-corrected chi connectivity index (χ4v) is 4.30. The molecule has 3 heteroatoms. The number of nitrogens with zero attached hydrogens (tertiary/aromatic N) is 2. The van der Waals surface area contributed by atoms with E-state index in [1.165, 1.54) is 38.0 Å². The van der Waals surface area contributed by atoms with E-state index in [0.717, 1.165) is 37.4 Å². The number of carbonyl (C=O) groups is 1. The molecule has 1 saturated carbocycles. The van der Waals surface area contributed by atoms with Crippen LogP contribution in [0.3, 0.4) is 0 Å². The van der Waals surface area contributed by atoms with Gasteiger partial charge < -0.3 is 9.47 Å². The number of piperidine rings is 1. The minimum absolute atomic E-state index is 0.266. The highest BCUT2D eigenvalue weighted by atomic mass is 16.1. The Morgan fingerprint density at radius 1 is 1.29 bits per heavy atom. The summed E-state index contributed by atoms with van der Waals surface area (Å²) < 4.78 is 2.32. The van der Waals surface area contributed by atoms with Crippen molar-refractivity contribution in [2.75, 3.05) is 19.6 Å². The van der Waals surface area contributed by atoms with Crippen LogP contribution < -0.4 is 0 Å².